The number of aromatic amines is 2. The molecule has 0 spiro atoms. The van der Waals surface area contributed by atoms with Gasteiger partial charge >= 0.3 is 17.1 Å². The highest BCUT2D eigenvalue weighted by atomic mass is 16.4. The van der Waals surface area contributed by atoms with E-state index in [0.717, 1.165) is 0 Å². The Kier molecular flexibility index (Phi) is 2.88. The lowest BCUT2D eigenvalue weighted by atomic mass is 10.2. The number of hydrogen-bond acceptors (Lipinski definition) is 4. The van der Waals surface area contributed by atoms with E-state index >= 15 is 0 Å². The number of anilines is 1. The normalized spacial score (nSPS) is 12.3. The zero-order valence-electron chi connectivity index (χ0n) is 9.48. The fraction of sp³-hybridized carbons (Fsp3) is 0.182. The zero-order chi connectivity index (χ0) is 13.3. The average molecular weight is 249 g/mol. The minimum absolute atomic E-state index is 0.433. The lowest BCUT2D eigenvalue weighted by Gasteiger charge is -2.10. The van der Waals surface area contributed by atoms with Crippen LogP contribution in [0.3, 0.4) is 0 Å². The molecule has 0 aliphatic rings. The molecule has 18 heavy (non-hydrogen) atoms. The summed E-state index contributed by atoms with van der Waals surface area (Å²) in [5.74, 6) is -0.981. The highest BCUT2D eigenvalue weighted by Crippen LogP contribution is 2.14. The largest absolute Gasteiger partial charge is 0.480 e. The first-order valence-corrected chi connectivity index (χ1v) is 5.23. The van der Waals surface area contributed by atoms with Crippen LogP contribution < -0.4 is 16.4 Å². The molecule has 1 atom stereocenters. The van der Waals surface area contributed by atoms with E-state index in [2.05, 4.69) is 15.3 Å². The van der Waals surface area contributed by atoms with Gasteiger partial charge in [-0.15, -0.1) is 0 Å². The zero-order valence-corrected chi connectivity index (χ0v) is 9.48. The van der Waals surface area contributed by atoms with Crippen LogP contribution in [0, 0.1) is 0 Å². The van der Waals surface area contributed by atoms with Crippen molar-refractivity contribution in [3.8, 4) is 0 Å². The van der Waals surface area contributed by atoms with Crippen LogP contribution in [0.2, 0.25) is 0 Å². The van der Waals surface area contributed by atoms with Crippen LogP contribution in [0.5, 0.6) is 0 Å². The number of aromatic nitrogens is 2. The molecule has 0 aliphatic carbocycles. The molecule has 1 unspecified atom stereocenters. The van der Waals surface area contributed by atoms with Crippen molar-refractivity contribution in [3.63, 3.8) is 0 Å². The van der Waals surface area contributed by atoms with Crippen LogP contribution in [0.4, 0.5) is 5.69 Å². The third kappa shape index (κ3) is 2.24. The van der Waals surface area contributed by atoms with Crippen molar-refractivity contribution in [1.82, 2.24) is 9.97 Å². The Morgan fingerprint density at radius 1 is 1.22 bits per heavy atom. The van der Waals surface area contributed by atoms with Gasteiger partial charge in [0.25, 0.3) is 0 Å². The summed E-state index contributed by atoms with van der Waals surface area (Å²) in [6.07, 6.45) is 0. The monoisotopic (exact) mass is 249 g/mol. The molecule has 4 N–H and O–H groups in total. The van der Waals surface area contributed by atoms with Crippen LogP contribution in [0.25, 0.3) is 11.0 Å². The van der Waals surface area contributed by atoms with E-state index in [-0.39, 0.29) is 0 Å². The van der Waals surface area contributed by atoms with Gasteiger partial charge in [-0.1, -0.05) is 0 Å². The standard InChI is InChI=1S/C11H11N3O4/c1-5(11(17)18)12-6-2-3-7-8(4-6)14-10(16)9(15)13-7/h2-5,12H,1H3,(H,13,15)(H,14,16)(H,17,18). The van der Waals surface area contributed by atoms with E-state index in [4.69, 9.17) is 5.11 Å². The van der Waals surface area contributed by atoms with E-state index in [9.17, 15) is 14.4 Å². The van der Waals surface area contributed by atoms with Crippen molar-refractivity contribution in [2.45, 2.75) is 13.0 Å². The summed E-state index contributed by atoms with van der Waals surface area (Å²) >= 11 is 0. The minimum Gasteiger partial charge on any atom is -0.480 e. The number of rotatable bonds is 3. The highest BCUT2D eigenvalue weighted by Gasteiger charge is 2.10. The minimum atomic E-state index is -0.981. The second-order valence-corrected chi connectivity index (χ2v) is 3.87. The van der Waals surface area contributed by atoms with Crippen LogP contribution in [0.15, 0.2) is 27.8 Å². The third-order valence-electron chi connectivity index (χ3n) is 2.48. The van der Waals surface area contributed by atoms with E-state index in [1.54, 1.807) is 18.2 Å². The predicted molar refractivity (Wildman–Crippen MR) is 65.9 cm³/mol. The number of carbonyl (C=O) groups is 1. The van der Waals surface area contributed by atoms with E-state index in [0.29, 0.717) is 16.7 Å². The maximum Gasteiger partial charge on any atom is 0.325 e. The Labute approximate surface area is 100 Å². The Morgan fingerprint density at radius 2 is 1.83 bits per heavy atom. The number of H-pyrrole nitrogens is 2. The number of hydrogen-bond donors (Lipinski definition) is 4. The summed E-state index contributed by atoms with van der Waals surface area (Å²) in [5.41, 5.74) is -0.0107. The quantitative estimate of drug-likeness (QED) is 0.576. The lowest BCUT2D eigenvalue weighted by molar-refractivity contribution is -0.137. The maximum atomic E-state index is 11.2. The number of nitrogens with one attached hydrogen (secondary N) is 3. The van der Waals surface area contributed by atoms with Gasteiger partial charge in [-0.2, -0.15) is 0 Å². The van der Waals surface area contributed by atoms with Gasteiger partial charge in [-0.25, -0.2) is 0 Å². The molecule has 0 saturated carbocycles. The fourth-order valence-corrected chi connectivity index (χ4v) is 1.52. The highest BCUT2D eigenvalue weighted by molar-refractivity contribution is 5.81. The Hall–Kier alpha value is -2.57. The number of fused-ring (bicyclic) bond motifs is 1. The van der Waals surface area contributed by atoms with Gasteiger partial charge in [0, 0.05) is 5.69 Å². The van der Waals surface area contributed by atoms with Crippen molar-refractivity contribution < 1.29 is 9.90 Å². The van der Waals surface area contributed by atoms with E-state index in [1.807, 2.05) is 0 Å². The van der Waals surface area contributed by atoms with Crippen molar-refractivity contribution >= 4 is 22.7 Å². The first-order chi connectivity index (χ1) is 8.47. The molecular formula is C11H11N3O4. The van der Waals surface area contributed by atoms with Gasteiger partial charge < -0.3 is 20.4 Å². The molecule has 0 aliphatic heterocycles. The summed E-state index contributed by atoms with van der Waals surface area (Å²) < 4.78 is 0. The summed E-state index contributed by atoms with van der Waals surface area (Å²) in [6, 6.07) is 4.02. The molecule has 2 rings (SSSR count). The molecule has 0 radical (unpaired) electrons. The first kappa shape index (κ1) is 11.9. The number of carboxylic acids is 1. The Balaban J connectivity index is 2.44. The number of aliphatic carboxylic acids is 1. The van der Waals surface area contributed by atoms with Crippen molar-refractivity contribution in [3.05, 3.63) is 38.9 Å². The van der Waals surface area contributed by atoms with Gasteiger partial charge in [0.1, 0.15) is 6.04 Å². The molecule has 94 valence electrons. The van der Waals surface area contributed by atoms with Gasteiger partial charge in [-0.3, -0.25) is 14.4 Å². The van der Waals surface area contributed by atoms with Crippen LogP contribution in [-0.4, -0.2) is 27.1 Å². The summed E-state index contributed by atoms with van der Waals surface area (Å²) in [4.78, 5) is 37.8. The molecule has 0 saturated heterocycles. The van der Waals surface area contributed by atoms with Crippen molar-refractivity contribution in [1.29, 1.82) is 0 Å². The molecule has 1 heterocycles. The molecule has 2 aromatic rings. The Morgan fingerprint density at radius 3 is 2.44 bits per heavy atom. The second kappa shape index (κ2) is 4.36. The lowest BCUT2D eigenvalue weighted by Crippen LogP contribution is -2.29. The van der Waals surface area contributed by atoms with Gasteiger partial charge in [0.05, 0.1) is 11.0 Å². The van der Waals surface area contributed by atoms with E-state index in [1.165, 1.54) is 6.92 Å². The molecule has 7 heteroatoms. The maximum absolute atomic E-state index is 11.2. The topological polar surface area (TPSA) is 115 Å². The molecule has 0 amide bonds. The van der Waals surface area contributed by atoms with Gasteiger partial charge in [0.15, 0.2) is 0 Å². The van der Waals surface area contributed by atoms with Gasteiger partial charge in [0.2, 0.25) is 0 Å². The number of carboxylic acid groups (broad SMARTS) is 1. The first-order valence-electron chi connectivity index (χ1n) is 5.23. The van der Waals surface area contributed by atoms with Gasteiger partial charge in [-0.05, 0) is 25.1 Å². The Bertz CT molecular complexity index is 716. The average Bonchev–Trinajstić information content (AvgIpc) is 2.31. The third-order valence-corrected chi connectivity index (χ3v) is 2.48. The van der Waals surface area contributed by atoms with Crippen LogP contribution >= 0.6 is 0 Å². The van der Waals surface area contributed by atoms with E-state index < -0.39 is 23.1 Å². The molecule has 7 nitrogen and oxygen atoms in total. The van der Waals surface area contributed by atoms with Crippen molar-refractivity contribution in [2.75, 3.05) is 5.32 Å². The van der Waals surface area contributed by atoms with Crippen LogP contribution in [-0.2, 0) is 4.79 Å². The van der Waals surface area contributed by atoms with Crippen molar-refractivity contribution in [2.24, 2.45) is 0 Å². The molecule has 1 aromatic heterocycles. The van der Waals surface area contributed by atoms with Crippen LogP contribution in [0.1, 0.15) is 6.92 Å². The smallest absolute Gasteiger partial charge is 0.325 e. The SMILES string of the molecule is CC(Nc1ccc2[nH]c(=O)c(=O)[nH]c2c1)C(=O)O. The molecule has 0 fully saturated rings. The second-order valence-electron chi connectivity index (χ2n) is 3.87. The fourth-order valence-electron chi connectivity index (χ4n) is 1.52. The summed E-state index contributed by atoms with van der Waals surface area (Å²) in [6.45, 7) is 1.50. The predicted octanol–water partition coefficient (Wildman–Crippen LogP) is 0.101. The molecule has 0 bridgehead atoms. The molecule has 1 aromatic carbocycles. The molecular weight excluding hydrogens is 238 g/mol. The summed E-state index contributed by atoms with van der Waals surface area (Å²) in [5, 5.41) is 11.5. The number of benzene rings is 1. The summed E-state index contributed by atoms with van der Waals surface area (Å²) in [7, 11) is 0.